The van der Waals surface area contributed by atoms with E-state index in [1.54, 1.807) is 6.20 Å². The first-order valence-corrected chi connectivity index (χ1v) is 6.31. The van der Waals surface area contributed by atoms with Gasteiger partial charge in [-0.15, -0.1) is 0 Å². The molecule has 0 aromatic carbocycles. The predicted molar refractivity (Wildman–Crippen MR) is 67.7 cm³/mol. The summed E-state index contributed by atoms with van der Waals surface area (Å²) in [5.41, 5.74) is 6.48. The van der Waals surface area contributed by atoms with Crippen molar-refractivity contribution in [2.75, 3.05) is 30.3 Å². The van der Waals surface area contributed by atoms with E-state index in [9.17, 15) is 5.11 Å². The van der Waals surface area contributed by atoms with Crippen molar-refractivity contribution < 1.29 is 5.11 Å². The minimum absolute atomic E-state index is 0.128. The molecule has 4 nitrogen and oxygen atoms in total. The fraction of sp³-hybridized carbons (Fsp3) is 0.615. The monoisotopic (exact) mass is 233 g/mol. The van der Waals surface area contributed by atoms with Crippen LogP contribution in [0.5, 0.6) is 0 Å². The van der Waals surface area contributed by atoms with Gasteiger partial charge >= 0.3 is 0 Å². The molecule has 2 aliphatic rings. The molecule has 2 atom stereocenters. The van der Waals surface area contributed by atoms with Crippen molar-refractivity contribution in [3.8, 4) is 0 Å². The Morgan fingerprint density at radius 3 is 3.06 bits per heavy atom. The van der Waals surface area contributed by atoms with Gasteiger partial charge in [0, 0.05) is 18.5 Å². The summed E-state index contributed by atoms with van der Waals surface area (Å²) in [6.07, 6.45) is 5.36. The summed E-state index contributed by atoms with van der Waals surface area (Å²) in [4.78, 5) is 6.66. The fourth-order valence-electron chi connectivity index (χ4n) is 3.43. The number of nitrogens with zero attached hydrogens (tertiary/aromatic N) is 2. The highest BCUT2D eigenvalue weighted by atomic mass is 16.3. The van der Waals surface area contributed by atoms with E-state index in [0.717, 1.165) is 25.3 Å². The molecule has 1 saturated heterocycles. The molecule has 2 heterocycles. The van der Waals surface area contributed by atoms with Crippen molar-refractivity contribution in [3.63, 3.8) is 0 Å². The Balaban J connectivity index is 1.82. The first-order valence-electron chi connectivity index (χ1n) is 6.31. The van der Waals surface area contributed by atoms with Crippen molar-refractivity contribution in [2.45, 2.75) is 19.3 Å². The van der Waals surface area contributed by atoms with Crippen molar-refractivity contribution in [1.82, 2.24) is 4.98 Å². The van der Waals surface area contributed by atoms with Crippen LogP contribution in [0.25, 0.3) is 0 Å². The largest absolute Gasteiger partial charge is 0.397 e. The molecule has 4 heteroatoms. The van der Waals surface area contributed by atoms with E-state index in [2.05, 4.69) is 9.88 Å². The van der Waals surface area contributed by atoms with Gasteiger partial charge in [-0.1, -0.05) is 6.42 Å². The Hall–Kier alpha value is -1.29. The maximum Gasteiger partial charge on any atom is 0.128 e. The zero-order valence-corrected chi connectivity index (χ0v) is 9.97. The van der Waals surface area contributed by atoms with Crippen LogP contribution in [0.3, 0.4) is 0 Å². The van der Waals surface area contributed by atoms with Crippen molar-refractivity contribution in [1.29, 1.82) is 0 Å². The number of rotatable bonds is 2. The Bertz CT molecular complexity index is 406. The molecule has 0 spiro atoms. The number of nitrogens with two attached hydrogens (primary N) is 1. The Morgan fingerprint density at radius 2 is 2.41 bits per heavy atom. The molecule has 92 valence electrons. The number of aliphatic hydroxyl groups excluding tert-OH is 1. The SMILES string of the molecule is Nc1ccc(N2C[C@@H]3CCC[C@]3(CO)C2)nc1. The lowest BCUT2D eigenvalue weighted by Gasteiger charge is -2.26. The van der Waals surface area contributed by atoms with Crippen LogP contribution >= 0.6 is 0 Å². The molecular weight excluding hydrogens is 214 g/mol. The van der Waals surface area contributed by atoms with Gasteiger partial charge in [0.1, 0.15) is 5.82 Å². The average molecular weight is 233 g/mol. The van der Waals surface area contributed by atoms with Gasteiger partial charge < -0.3 is 15.7 Å². The highest BCUT2D eigenvalue weighted by Crippen LogP contribution is 2.48. The van der Waals surface area contributed by atoms with E-state index in [-0.39, 0.29) is 5.41 Å². The van der Waals surface area contributed by atoms with E-state index < -0.39 is 0 Å². The molecule has 1 aliphatic heterocycles. The molecule has 17 heavy (non-hydrogen) atoms. The van der Waals surface area contributed by atoms with Gasteiger partial charge in [0.2, 0.25) is 0 Å². The Morgan fingerprint density at radius 1 is 1.53 bits per heavy atom. The molecule has 1 aliphatic carbocycles. The summed E-state index contributed by atoms with van der Waals surface area (Å²) in [7, 11) is 0. The minimum atomic E-state index is 0.128. The topological polar surface area (TPSA) is 62.4 Å². The van der Waals surface area contributed by atoms with E-state index in [4.69, 9.17) is 5.73 Å². The second-order valence-corrected chi connectivity index (χ2v) is 5.44. The van der Waals surface area contributed by atoms with Gasteiger partial charge in [0.25, 0.3) is 0 Å². The van der Waals surface area contributed by atoms with Crippen LogP contribution in [0.15, 0.2) is 18.3 Å². The van der Waals surface area contributed by atoms with Crippen LogP contribution in [-0.2, 0) is 0 Å². The van der Waals surface area contributed by atoms with Crippen LogP contribution in [0.1, 0.15) is 19.3 Å². The number of anilines is 2. The Labute approximate surface area is 101 Å². The second-order valence-electron chi connectivity index (χ2n) is 5.44. The third-order valence-electron chi connectivity index (χ3n) is 4.45. The zero-order chi connectivity index (χ0) is 11.9. The van der Waals surface area contributed by atoms with Gasteiger partial charge in [-0.25, -0.2) is 4.98 Å². The minimum Gasteiger partial charge on any atom is -0.397 e. The van der Waals surface area contributed by atoms with Crippen molar-refractivity contribution >= 4 is 11.5 Å². The number of hydrogen-bond donors (Lipinski definition) is 2. The molecule has 0 radical (unpaired) electrons. The van der Waals surface area contributed by atoms with E-state index in [1.165, 1.54) is 12.8 Å². The number of pyridine rings is 1. The molecular formula is C13H19N3O. The smallest absolute Gasteiger partial charge is 0.128 e. The lowest BCUT2D eigenvalue weighted by molar-refractivity contribution is 0.121. The molecule has 1 aromatic rings. The summed E-state index contributed by atoms with van der Waals surface area (Å²) in [6, 6.07) is 3.86. The second kappa shape index (κ2) is 3.88. The lowest BCUT2D eigenvalue weighted by atomic mass is 9.82. The quantitative estimate of drug-likeness (QED) is 0.807. The van der Waals surface area contributed by atoms with Gasteiger partial charge in [-0.3, -0.25) is 0 Å². The van der Waals surface area contributed by atoms with Gasteiger partial charge in [-0.05, 0) is 30.9 Å². The summed E-state index contributed by atoms with van der Waals surface area (Å²) < 4.78 is 0. The number of nitrogen functional groups attached to an aromatic ring is 1. The van der Waals surface area contributed by atoms with Gasteiger partial charge in [0.05, 0.1) is 18.5 Å². The van der Waals surface area contributed by atoms with Crippen LogP contribution < -0.4 is 10.6 Å². The van der Waals surface area contributed by atoms with Crippen LogP contribution in [-0.4, -0.2) is 29.8 Å². The standard InChI is InChI=1S/C13H19N3O/c14-11-3-4-12(15-6-11)16-7-10-2-1-5-13(10,8-16)9-17/h3-4,6,10,17H,1-2,5,7-9,14H2/t10-,13+/m0/s1. The first kappa shape index (κ1) is 10.8. The van der Waals surface area contributed by atoms with E-state index in [0.29, 0.717) is 18.2 Å². The number of aromatic nitrogens is 1. The third-order valence-corrected chi connectivity index (χ3v) is 4.45. The van der Waals surface area contributed by atoms with Crippen LogP contribution in [0.4, 0.5) is 11.5 Å². The molecule has 0 amide bonds. The highest BCUT2D eigenvalue weighted by molar-refractivity contribution is 5.47. The fourth-order valence-corrected chi connectivity index (χ4v) is 3.43. The average Bonchev–Trinajstić information content (AvgIpc) is 2.86. The normalized spacial score (nSPS) is 31.8. The van der Waals surface area contributed by atoms with Gasteiger partial charge in [0.15, 0.2) is 0 Å². The van der Waals surface area contributed by atoms with E-state index in [1.807, 2.05) is 12.1 Å². The lowest BCUT2D eigenvalue weighted by Crippen LogP contribution is -2.31. The zero-order valence-electron chi connectivity index (χ0n) is 9.97. The third kappa shape index (κ3) is 1.67. The van der Waals surface area contributed by atoms with Crippen molar-refractivity contribution in [3.05, 3.63) is 18.3 Å². The maximum atomic E-state index is 9.67. The molecule has 1 aromatic heterocycles. The van der Waals surface area contributed by atoms with Gasteiger partial charge in [-0.2, -0.15) is 0 Å². The predicted octanol–water partition coefficient (Wildman–Crippen LogP) is 1.26. The summed E-state index contributed by atoms with van der Waals surface area (Å²) in [6.45, 7) is 2.27. The van der Waals surface area contributed by atoms with Crippen LogP contribution in [0.2, 0.25) is 0 Å². The molecule has 3 rings (SSSR count). The number of fused-ring (bicyclic) bond motifs is 1. The highest BCUT2D eigenvalue weighted by Gasteiger charge is 2.49. The van der Waals surface area contributed by atoms with Crippen LogP contribution in [0, 0.1) is 11.3 Å². The number of aliphatic hydroxyl groups is 1. The molecule has 0 unspecified atom stereocenters. The first-order chi connectivity index (χ1) is 8.23. The number of hydrogen-bond acceptors (Lipinski definition) is 4. The van der Waals surface area contributed by atoms with Crippen molar-refractivity contribution in [2.24, 2.45) is 11.3 Å². The maximum absolute atomic E-state index is 9.67. The molecule has 2 fully saturated rings. The summed E-state index contributed by atoms with van der Waals surface area (Å²) in [5, 5.41) is 9.67. The summed E-state index contributed by atoms with van der Waals surface area (Å²) >= 11 is 0. The van der Waals surface area contributed by atoms with E-state index >= 15 is 0 Å². The molecule has 0 bridgehead atoms. The Kier molecular flexibility index (Phi) is 2.47. The summed E-state index contributed by atoms with van der Waals surface area (Å²) in [5.74, 6) is 1.62. The molecule has 1 saturated carbocycles. The molecule has 3 N–H and O–H groups in total.